The Morgan fingerprint density at radius 2 is 1.61 bits per heavy atom. The Kier molecular flexibility index (Phi) is 14.0. The molecule has 1 saturated heterocycles. The highest BCUT2D eigenvalue weighted by molar-refractivity contribution is 5.83. The van der Waals surface area contributed by atoms with E-state index in [4.69, 9.17) is 15.2 Å². The van der Waals surface area contributed by atoms with Gasteiger partial charge in [-0.15, -0.1) is 0 Å². The summed E-state index contributed by atoms with van der Waals surface area (Å²) in [6.45, 7) is 4.06. The van der Waals surface area contributed by atoms with Crippen LogP contribution in [0.1, 0.15) is 110 Å². The molecule has 36 heavy (non-hydrogen) atoms. The number of rotatable bonds is 17. The van der Waals surface area contributed by atoms with Crippen molar-refractivity contribution in [3.8, 4) is 0 Å². The van der Waals surface area contributed by atoms with E-state index in [9.17, 15) is 19.1 Å². The molecule has 1 aliphatic rings. The minimum Gasteiger partial charge on any atom is -0.449 e. The van der Waals surface area contributed by atoms with Crippen LogP contribution < -0.4 is 16.7 Å². The summed E-state index contributed by atoms with van der Waals surface area (Å²) in [5.74, 6) is -1.46. The van der Waals surface area contributed by atoms with Gasteiger partial charge in [-0.25, -0.2) is 14.0 Å². The van der Waals surface area contributed by atoms with E-state index >= 15 is 0 Å². The molecule has 0 aliphatic carbocycles. The lowest BCUT2D eigenvalue weighted by molar-refractivity contribution is -0.0118. The predicted molar refractivity (Wildman–Crippen MR) is 137 cm³/mol. The van der Waals surface area contributed by atoms with E-state index < -0.39 is 47.9 Å². The monoisotopic (exact) mass is 512 g/mol. The largest absolute Gasteiger partial charge is 0.449 e. The Hall–Kier alpha value is -2.04. The smallest absolute Gasteiger partial charge is 0.412 e. The van der Waals surface area contributed by atoms with Crippen molar-refractivity contribution < 1.29 is 23.8 Å². The van der Waals surface area contributed by atoms with Crippen LogP contribution in [0.25, 0.3) is 0 Å². The van der Waals surface area contributed by atoms with Gasteiger partial charge in [-0.2, -0.15) is 4.98 Å². The first kappa shape index (κ1) is 30.2. The molecule has 206 valence electrons. The summed E-state index contributed by atoms with van der Waals surface area (Å²) in [5, 5.41) is 12.1. The quantitative estimate of drug-likeness (QED) is 0.250. The molecule has 1 aromatic heterocycles. The minimum atomic E-state index is -1.05. The van der Waals surface area contributed by atoms with Crippen LogP contribution in [0.15, 0.2) is 11.0 Å². The number of carbonyl (C=O) groups excluding carboxylic acids is 1. The molecule has 0 radical (unpaired) electrons. The maximum Gasteiger partial charge on any atom is 0.412 e. The second-order valence-electron chi connectivity index (χ2n) is 9.78. The van der Waals surface area contributed by atoms with E-state index in [1.165, 1.54) is 70.6 Å². The first-order chi connectivity index (χ1) is 17.3. The van der Waals surface area contributed by atoms with Crippen molar-refractivity contribution in [3.63, 3.8) is 0 Å². The SMILES string of the molecule is CCCCCCCCCCCCCCCCOC(=O)Nc1nc(=O)n(C2O[C@@H](C)C(O)[C@H]2N)cc1F. The van der Waals surface area contributed by atoms with Crippen LogP contribution in [-0.4, -0.2) is 45.6 Å². The van der Waals surface area contributed by atoms with Gasteiger partial charge < -0.3 is 20.3 Å². The summed E-state index contributed by atoms with van der Waals surface area (Å²) in [6, 6.07) is -0.909. The highest BCUT2D eigenvalue weighted by Crippen LogP contribution is 2.27. The average molecular weight is 513 g/mol. The lowest BCUT2D eigenvalue weighted by Crippen LogP contribution is -2.41. The minimum absolute atomic E-state index is 0.211. The molecule has 1 fully saturated rings. The lowest BCUT2D eigenvalue weighted by Gasteiger charge is -2.18. The molecular weight excluding hydrogens is 467 g/mol. The van der Waals surface area contributed by atoms with Gasteiger partial charge in [0.1, 0.15) is 0 Å². The maximum absolute atomic E-state index is 14.4. The molecule has 0 spiro atoms. The summed E-state index contributed by atoms with van der Waals surface area (Å²) < 4.78 is 25.8. The van der Waals surface area contributed by atoms with Gasteiger partial charge in [0, 0.05) is 0 Å². The van der Waals surface area contributed by atoms with Crippen LogP contribution in [0.2, 0.25) is 0 Å². The van der Waals surface area contributed by atoms with Gasteiger partial charge in [0.2, 0.25) is 0 Å². The van der Waals surface area contributed by atoms with Crippen molar-refractivity contribution in [2.45, 2.75) is 128 Å². The Morgan fingerprint density at radius 1 is 1.08 bits per heavy atom. The average Bonchev–Trinajstić information content (AvgIpc) is 3.10. The first-order valence-electron chi connectivity index (χ1n) is 13.7. The maximum atomic E-state index is 14.4. The van der Waals surface area contributed by atoms with Crippen molar-refractivity contribution in [1.82, 2.24) is 9.55 Å². The third kappa shape index (κ3) is 10.1. The molecule has 1 aliphatic heterocycles. The molecule has 4 N–H and O–H groups in total. The summed E-state index contributed by atoms with van der Waals surface area (Å²) in [6.07, 6.45) is 14.6. The molecule has 2 rings (SSSR count). The molecule has 0 bridgehead atoms. The Bertz CT molecular complexity index is 837. The highest BCUT2D eigenvalue weighted by atomic mass is 19.1. The Labute approximate surface area is 214 Å². The number of anilines is 1. The molecule has 0 saturated carbocycles. The number of aliphatic hydroxyl groups is 1. The van der Waals surface area contributed by atoms with Crippen LogP contribution in [0.5, 0.6) is 0 Å². The number of amides is 1. The fraction of sp³-hybridized carbons (Fsp3) is 0.808. The van der Waals surface area contributed by atoms with Crippen LogP contribution in [-0.2, 0) is 9.47 Å². The summed E-state index contributed by atoms with van der Waals surface area (Å²) in [4.78, 5) is 27.8. The Morgan fingerprint density at radius 3 is 2.11 bits per heavy atom. The summed E-state index contributed by atoms with van der Waals surface area (Å²) in [5.41, 5.74) is 5.00. The number of hydrogen-bond donors (Lipinski definition) is 3. The number of aromatic nitrogens is 2. The number of nitrogens with zero attached hydrogens (tertiary/aromatic N) is 2. The van der Waals surface area contributed by atoms with Crippen LogP contribution >= 0.6 is 0 Å². The van der Waals surface area contributed by atoms with Gasteiger partial charge in [0.05, 0.1) is 31.1 Å². The molecule has 9 nitrogen and oxygen atoms in total. The highest BCUT2D eigenvalue weighted by Gasteiger charge is 2.40. The van der Waals surface area contributed by atoms with Gasteiger partial charge in [0.25, 0.3) is 0 Å². The second kappa shape index (κ2) is 16.7. The topological polar surface area (TPSA) is 129 Å². The molecule has 1 amide bonds. The van der Waals surface area contributed by atoms with E-state index in [2.05, 4.69) is 17.2 Å². The number of ether oxygens (including phenoxy) is 2. The zero-order valence-electron chi connectivity index (χ0n) is 21.9. The third-order valence-corrected chi connectivity index (χ3v) is 6.69. The van der Waals surface area contributed by atoms with E-state index in [0.29, 0.717) is 0 Å². The molecule has 1 aromatic rings. The van der Waals surface area contributed by atoms with Gasteiger partial charge >= 0.3 is 11.8 Å². The zero-order valence-corrected chi connectivity index (χ0v) is 21.9. The fourth-order valence-electron chi connectivity index (χ4n) is 4.43. The van der Waals surface area contributed by atoms with Crippen LogP contribution in [0, 0.1) is 5.82 Å². The van der Waals surface area contributed by atoms with Gasteiger partial charge in [-0.05, 0) is 13.3 Å². The molecule has 2 unspecified atom stereocenters. The number of unbranched alkanes of at least 4 members (excludes halogenated alkanes) is 13. The lowest BCUT2D eigenvalue weighted by atomic mass is 10.0. The van der Waals surface area contributed by atoms with Gasteiger partial charge in [-0.1, -0.05) is 90.4 Å². The van der Waals surface area contributed by atoms with Gasteiger partial charge in [-0.3, -0.25) is 9.88 Å². The standard InChI is InChI=1S/C26H45FN4O5/c1-3-4-5-6-7-8-9-10-11-12-13-14-15-16-17-35-26(34)30-23-20(27)18-31(25(33)29-23)24-21(28)22(32)19(2)36-24/h18-19,21-22,24,32H,3-17,28H2,1-2H3,(H,29,30,33,34)/t19-,21+,22?,24?/m0/s1. The first-order valence-corrected chi connectivity index (χ1v) is 13.7. The van der Waals surface area contributed by atoms with Crippen molar-refractivity contribution >= 4 is 11.9 Å². The number of hydrogen-bond acceptors (Lipinski definition) is 7. The zero-order chi connectivity index (χ0) is 26.3. The summed E-state index contributed by atoms with van der Waals surface area (Å²) in [7, 11) is 0. The molecule has 0 aromatic carbocycles. The van der Waals surface area contributed by atoms with E-state index in [-0.39, 0.29) is 6.61 Å². The Balaban J connectivity index is 1.55. The predicted octanol–water partition coefficient (Wildman–Crippen LogP) is 5.02. The molecule has 2 heterocycles. The summed E-state index contributed by atoms with van der Waals surface area (Å²) >= 11 is 0. The van der Waals surface area contributed by atoms with Crippen molar-refractivity contribution in [2.24, 2.45) is 5.73 Å². The van der Waals surface area contributed by atoms with Crippen molar-refractivity contribution in [2.75, 3.05) is 11.9 Å². The van der Waals surface area contributed by atoms with Crippen LogP contribution in [0.4, 0.5) is 15.0 Å². The number of nitrogens with two attached hydrogens (primary N) is 1. The van der Waals surface area contributed by atoms with Gasteiger partial charge in [0.15, 0.2) is 17.9 Å². The normalized spacial score (nSPS) is 21.6. The van der Waals surface area contributed by atoms with Crippen molar-refractivity contribution in [3.05, 3.63) is 22.5 Å². The van der Waals surface area contributed by atoms with E-state index in [1.807, 2.05) is 0 Å². The third-order valence-electron chi connectivity index (χ3n) is 6.69. The fourth-order valence-corrected chi connectivity index (χ4v) is 4.43. The number of halogens is 1. The number of nitrogens with one attached hydrogen (secondary N) is 1. The van der Waals surface area contributed by atoms with Crippen molar-refractivity contribution in [1.29, 1.82) is 0 Å². The molecule has 10 heteroatoms. The number of aliphatic hydroxyl groups excluding tert-OH is 1. The van der Waals surface area contributed by atoms with Crippen LogP contribution in [0.3, 0.4) is 0 Å². The van der Waals surface area contributed by atoms with E-state index in [0.717, 1.165) is 30.0 Å². The second-order valence-corrected chi connectivity index (χ2v) is 9.78. The number of carbonyl (C=O) groups is 1. The molecular formula is C26H45FN4O5. The van der Waals surface area contributed by atoms with E-state index in [1.54, 1.807) is 6.92 Å². The molecule has 4 atom stereocenters.